The average molecular weight is 299 g/mol. The van der Waals surface area contributed by atoms with E-state index in [2.05, 4.69) is 19.8 Å². The summed E-state index contributed by atoms with van der Waals surface area (Å²) in [4.78, 5) is 8.30. The lowest BCUT2D eigenvalue weighted by Gasteiger charge is -2.06. The van der Waals surface area contributed by atoms with E-state index in [0.717, 1.165) is 0 Å². The lowest BCUT2D eigenvalue weighted by Crippen LogP contribution is -2.18. The first-order chi connectivity index (χ1) is 8.99. The second-order valence-electron chi connectivity index (χ2n) is 3.67. The quantitative estimate of drug-likeness (QED) is 0.697. The maximum atomic E-state index is 12.3. The molecule has 3 aromatic rings. The zero-order valence-electron chi connectivity index (χ0n) is 9.68. The van der Waals surface area contributed by atoms with E-state index >= 15 is 0 Å². The summed E-state index contributed by atoms with van der Waals surface area (Å²) in [6, 6.07) is 0. The van der Waals surface area contributed by atoms with Gasteiger partial charge in [0.05, 0.1) is 0 Å². The molecule has 3 N–H and O–H groups in total. The second-order valence-corrected chi connectivity index (χ2v) is 6.14. The molecule has 0 saturated heterocycles. The number of hydrogen-bond acceptors (Lipinski definition) is 7. The lowest BCUT2D eigenvalue weighted by molar-refractivity contribution is 0.596. The van der Waals surface area contributed by atoms with Gasteiger partial charge in [-0.25, -0.2) is 14.4 Å². The molecule has 0 aliphatic carbocycles. The molecule has 0 saturated carbocycles. The number of aryl methyl sites for hydroxylation is 1. The molecule has 0 unspecified atom stereocenters. The first kappa shape index (κ1) is 11.9. The van der Waals surface area contributed by atoms with Crippen LogP contribution in [0.1, 0.15) is 0 Å². The first-order valence-corrected chi connectivity index (χ1v) is 7.43. The number of hydrogen-bond donors (Lipinski definition) is 2. The Kier molecular flexibility index (Phi) is 2.46. The van der Waals surface area contributed by atoms with Crippen molar-refractivity contribution in [2.45, 2.75) is 5.03 Å². The number of nitrogens with two attached hydrogens (primary N) is 1. The molecule has 0 aliphatic heterocycles. The number of nitrogens with one attached hydrogen (secondary N) is 1. The van der Waals surface area contributed by atoms with Crippen LogP contribution in [0.4, 0.5) is 11.8 Å². The number of sulfonamides is 1. The Morgan fingerprint density at radius 2 is 2.26 bits per heavy atom. The minimum absolute atomic E-state index is 0.0541. The van der Waals surface area contributed by atoms with E-state index in [4.69, 9.17) is 5.73 Å². The summed E-state index contributed by atoms with van der Waals surface area (Å²) in [5.41, 5.74) is 5.66. The number of fused-ring (bicyclic) bond motifs is 1. The van der Waals surface area contributed by atoms with Crippen LogP contribution in [0, 0.1) is 0 Å². The summed E-state index contributed by atoms with van der Waals surface area (Å²) in [7, 11) is -2.31. The highest BCUT2D eigenvalue weighted by Gasteiger charge is 2.25. The monoisotopic (exact) mass is 299 g/mol. The standard InChI is InChI=1S/C8H9N7O2S2/c1-14-7(10-4-11-14)13-19(16,17)6-5(9)12-8-15(6)2-3-18-8/h2-4H,9H2,1H3,(H,10,11,13). The van der Waals surface area contributed by atoms with Gasteiger partial charge in [0.2, 0.25) is 11.0 Å². The third kappa shape index (κ3) is 1.82. The van der Waals surface area contributed by atoms with Gasteiger partial charge in [0, 0.05) is 18.6 Å². The fraction of sp³-hybridized carbons (Fsp3) is 0.125. The molecule has 0 radical (unpaired) electrons. The van der Waals surface area contributed by atoms with Gasteiger partial charge in [0.15, 0.2) is 10.8 Å². The smallest absolute Gasteiger partial charge is 0.284 e. The molecule has 100 valence electrons. The van der Waals surface area contributed by atoms with Gasteiger partial charge < -0.3 is 5.73 Å². The topological polar surface area (TPSA) is 120 Å². The van der Waals surface area contributed by atoms with Crippen LogP contribution in [-0.2, 0) is 17.1 Å². The lowest BCUT2D eigenvalue weighted by atomic mass is 10.8. The number of nitrogens with zero attached hydrogens (tertiary/aromatic N) is 5. The van der Waals surface area contributed by atoms with Crippen LogP contribution in [-0.4, -0.2) is 32.6 Å². The van der Waals surface area contributed by atoms with E-state index in [1.54, 1.807) is 18.6 Å². The van der Waals surface area contributed by atoms with E-state index in [1.807, 2.05) is 0 Å². The van der Waals surface area contributed by atoms with Crippen LogP contribution >= 0.6 is 11.3 Å². The Labute approximate surface area is 111 Å². The molecule has 3 heterocycles. The number of imidazole rings is 1. The average Bonchev–Trinajstić information content (AvgIpc) is 2.95. The van der Waals surface area contributed by atoms with Crippen LogP contribution in [0.25, 0.3) is 4.96 Å². The van der Waals surface area contributed by atoms with Crippen molar-refractivity contribution in [3.8, 4) is 0 Å². The molecule has 0 bridgehead atoms. The molecular weight excluding hydrogens is 290 g/mol. The summed E-state index contributed by atoms with van der Waals surface area (Å²) < 4.78 is 29.7. The van der Waals surface area contributed by atoms with Gasteiger partial charge in [0.1, 0.15) is 6.33 Å². The van der Waals surface area contributed by atoms with Crippen molar-refractivity contribution in [3.05, 3.63) is 17.9 Å². The first-order valence-electron chi connectivity index (χ1n) is 5.07. The fourth-order valence-electron chi connectivity index (χ4n) is 1.61. The van der Waals surface area contributed by atoms with Crippen molar-refractivity contribution in [3.63, 3.8) is 0 Å². The maximum absolute atomic E-state index is 12.3. The third-order valence-electron chi connectivity index (χ3n) is 2.44. The fourth-order valence-corrected chi connectivity index (χ4v) is 3.63. The van der Waals surface area contributed by atoms with E-state index in [9.17, 15) is 8.42 Å². The number of aromatic nitrogens is 5. The van der Waals surface area contributed by atoms with Crippen molar-refractivity contribution in [2.75, 3.05) is 10.5 Å². The van der Waals surface area contributed by atoms with E-state index < -0.39 is 10.0 Å². The van der Waals surface area contributed by atoms with E-state index in [-0.39, 0.29) is 16.8 Å². The van der Waals surface area contributed by atoms with Gasteiger partial charge in [-0.3, -0.25) is 4.40 Å². The van der Waals surface area contributed by atoms with Crippen molar-refractivity contribution >= 4 is 38.1 Å². The molecule has 0 amide bonds. The summed E-state index contributed by atoms with van der Waals surface area (Å²) in [5.74, 6) is 0.0473. The maximum Gasteiger partial charge on any atom is 0.284 e. The molecule has 19 heavy (non-hydrogen) atoms. The zero-order valence-corrected chi connectivity index (χ0v) is 11.3. The predicted octanol–water partition coefficient (Wildman–Crippen LogP) is -0.0927. The molecule has 3 aromatic heterocycles. The van der Waals surface area contributed by atoms with E-state index in [0.29, 0.717) is 4.96 Å². The van der Waals surface area contributed by atoms with Crippen LogP contribution in [0.15, 0.2) is 22.9 Å². The minimum atomic E-state index is -3.88. The molecule has 11 heteroatoms. The number of anilines is 2. The van der Waals surface area contributed by atoms with Crippen LogP contribution in [0.2, 0.25) is 0 Å². The van der Waals surface area contributed by atoms with Gasteiger partial charge >= 0.3 is 0 Å². The van der Waals surface area contributed by atoms with Gasteiger partial charge in [-0.1, -0.05) is 0 Å². The highest BCUT2D eigenvalue weighted by atomic mass is 32.2. The van der Waals surface area contributed by atoms with Crippen molar-refractivity contribution in [2.24, 2.45) is 7.05 Å². The Bertz CT molecular complexity index is 844. The minimum Gasteiger partial charge on any atom is -0.381 e. The highest BCUT2D eigenvalue weighted by Crippen LogP contribution is 2.24. The van der Waals surface area contributed by atoms with Gasteiger partial charge in [-0.2, -0.15) is 18.5 Å². The van der Waals surface area contributed by atoms with Gasteiger partial charge in [0.25, 0.3) is 10.0 Å². The molecule has 9 nitrogen and oxygen atoms in total. The molecule has 0 aromatic carbocycles. The highest BCUT2D eigenvalue weighted by molar-refractivity contribution is 7.92. The predicted molar refractivity (Wildman–Crippen MR) is 69.3 cm³/mol. The van der Waals surface area contributed by atoms with Crippen molar-refractivity contribution in [1.82, 2.24) is 24.1 Å². The SMILES string of the molecule is Cn1ncnc1NS(=O)(=O)c1c(N)nc2sccn12. The second kappa shape index (κ2) is 3.93. The van der Waals surface area contributed by atoms with Gasteiger partial charge in [-0.05, 0) is 0 Å². The van der Waals surface area contributed by atoms with Crippen LogP contribution in [0.5, 0.6) is 0 Å². The normalized spacial score (nSPS) is 12.1. The Morgan fingerprint density at radius 3 is 2.95 bits per heavy atom. The number of thiazole rings is 1. The molecule has 0 spiro atoms. The summed E-state index contributed by atoms with van der Waals surface area (Å²) >= 11 is 1.30. The molecule has 0 fully saturated rings. The van der Waals surface area contributed by atoms with Crippen LogP contribution < -0.4 is 10.5 Å². The van der Waals surface area contributed by atoms with E-state index in [1.165, 1.54) is 26.7 Å². The summed E-state index contributed by atoms with van der Waals surface area (Å²) in [5, 5.41) is 5.40. The molecule has 0 aliphatic rings. The number of nitrogen functional groups attached to an aromatic ring is 1. The summed E-state index contributed by atoms with van der Waals surface area (Å²) in [6.45, 7) is 0. The zero-order chi connectivity index (χ0) is 13.6. The van der Waals surface area contributed by atoms with Crippen molar-refractivity contribution in [1.29, 1.82) is 0 Å². The molecule has 3 rings (SSSR count). The van der Waals surface area contributed by atoms with Crippen molar-refractivity contribution < 1.29 is 8.42 Å². The number of rotatable bonds is 3. The third-order valence-corrected chi connectivity index (χ3v) is 4.56. The molecular formula is C8H9N7O2S2. The summed E-state index contributed by atoms with van der Waals surface area (Å²) in [6.07, 6.45) is 2.84. The largest absolute Gasteiger partial charge is 0.381 e. The van der Waals surface area contributed by atoms with Gasteiger partial charge in [-0.15, -0.1) is 11.3 Å². The Hall–Kier alpha value is -2.14. The molecule has 0 atom stereocenters. The van der Waals surface area contributed by atoms with Crippen LogP contribution in [0.3, 0.4) is 0 Å². The Balaban J connectivity index is 2.12. The Morgan fingerprint density at radius 1 is 1.47 bits per heavy atom.